The van der Waals surface area contributed by atoms with Crippen molar-refractivity contribution < 1.29 is 17.9 Å². The fraction of sp³-hybridized carbons (Fsp3) is 0.294. The number of hydrogen-bond acceptors (Lipinski definition) is 3. The van der Waals surface area contributed by atoms with E-state index >= 15 is 0 Å². The third-order valence-corrected chi connectivity index (χ3v) is 3.20. The second-order valence-corrected chi connectivity index (χ2v) is 5.14. The quantitative estimate of drug-likeness (QED) is 0.620. The fourth-order valence-electron chi connectivity index (χ4n) is 2.02. The Bertz CT molecular complexity index is 690. The van der Waals surface area contributed by atoms with Gasteiger partial charge in [-0.25, -0.2) is 4.98 Å². The average Bonchev–Trinajstić information content (AvgIpc) is 2.61. The number of guanidine groups is 1. The third-order valence-electron chi connectivity index (χ3n) is 3.20. The van der Waals surface area contributed by atoms with Crippen LogP contribution in [-0.4, -0.2) is 30.8 Å². The summed E-state index contributed by atoms with van der Waals surface area (Å²) in [7, 11) is 1.62. The summed E-state index contributed by atoms with van der Waals surface area (Å²) in [6.45, 7) is -0.571. The first kappa shape index (κ1) is 18.6. The maximum atomic E-state index is 12.3. The topological polar surface area (TPSA) is 58.5 Å². The minimum absolute atomic E-state index is 0.0502. The van der Waals surface area contributed by atoms with Gasteiger partial charge in [0.15, 0.2) is 12.6 Å². The van der Waals surface area contributed by atoms with Crippen LogP contribution < -0.4 is 15.4 Å². The number of alkyl halides is 3. The van der Waals surface area contributed by atoms with Gasteiger partial charge in [0.25, 0.3) is 0 Å². The van der Waals surface area contributed by atoms with Crippen molar-refractivity contribution in [1.82, 2.24) is 15.6 Å². The number of aliphatic imine (C=N–C) groups is 1. The number of nitrogens with zero attached hydrogens (tertiary/aromatic N) is 2. The zero-order valence-electron chi connectivity index (χ0n) is 13.7. The molecule has 0 saturated carbocycles. The Balaban J connectivity index is 1.90. The molecule has 2 rings (SSSR count). The predicted molar refractivity (Wildman–Crippen MR) is 89.3 cm³/mol. The van der Waals surface area contributed by atoms with Crippen LogP contribution in [0.1, 0.15) is 11.1 Å². The molecular formula is C17H19F3N4O. The summed E-state index contributed by atoms with van der Waals surface area (Å²) in [5.41, 5.74) is 1.59. The van der Waals surface area contributed by atoms with Gasteiger partial charge in [-0.05, 0) is 11.6 Å². The SMILES string of the molecule is CN=C(NCc1ccccc1)NCc1cccnc1OCC(F)(F)F. The Morgan fingerprint density at radius 1 is 1.08 bits per heavy atom. The lowest BCUT2D eigenvalue weighted by Crippen LogP contribution is -2.36. The van der Waals surface area contributed by atoms with Crippen molar-refractivity contribution in [2.24, 2.45) is 4.99 Å². The van der Waals surface area contributed by atoms with Gasteiger partial charge in [-0.2, -0.15) is 13.2 Å². The molecule has 134 valence electrons. The van der Waals surface area contributed by atoms with Crippen LogP contribution in [-0.2, 0) is 13.1 Å². The van der Waals surface area contributed by atoms with E-state index in [9.17, 15) is 13.2 Å². The van der Waals surface area contributed by atoms with E-state index in [-0.39, 0.29) is 12.4 Å². The van der Waals surface area contributed by atoms with Gasteiger partial charge in [0.1, 0.15) is 0 Å². The van der Waals surface area contributed by atoms with Crippen molar-refractivity contribution in [3.8, 4) is 5.88 Å². The van der Waals surface area contributed by atoms with Crippen LogP contribution in [0, 0.1) is 0 Å². The molecule has 0 aliphatic rings. The fourth-order valence-corrected chi connectivity index (χ4v) is 2.02. The van der Waals surface area contributed by atoms with Gasteiger partial charge in [-0.3, -0.25) is 4.99 Å². The molecule has 5 nitrogen and oxygen atoms in total. The van der Waals surface area contributed by atoms with Gasteiger partial charge in [-0.15, -0.1) is 0 Å². The van der Waals surface area contributed by atoms with Gasteiger partial charge in [0.05, 0.1) is 0 Å². The molecule has 0 aliphatic heterocycles. The second-order valence-electron chi connectivity index (χ2n) is 5.14. The molecule has 0 unspecified atom stereocenters. The van der Waals surface area contributed by atoms with Crippen molar-refractivity contribution in [3.63, 3.8) is 0 Å². The second kappa shape index (κ2) is 8.91. The lowest BCUT2D eigenvalue weighted by Gasteiger charge is -2.14. The highest BCUT2D eigenvalue weighted by atomic mass is 19.4. The first-order valence-electron chi connectivity index (χ1n) is 7.60. The van der Waals surface area contributed by atoms with E-state index in [0.717, 1.165) is 5.56 Å². The molecule has 0 saturated heterocycles. The molecule has 1 heterocycles. The van der Waals surface area contributed by atoms with Crippen molar-refractivity contribution in [3.05, 3.63) is 59.8 Å². The van der Waals surface area contributed by atoms with E-state index in [4.69, 9.17) is 4.74 Å². The first-order chi connectivity index (χ1) is 12.0. The molecule has 0 fully saturated rings. The van der Waals surface area contributed by atoms with E-state index in [1.54, 1.807) is 19.2 Å². The Morgan fingerprint density at radius 3 is 2.48 bits per heavy atom. The van der Waals surface area contributed by atoms with Crippen LogP contribution in [0.25, 0.3) is 0 Å². The van der Waals surface area contributed by atoms with Gasteiger partial charge in [-0.1, -0.05) is 36.4 Å². The van der Waals surface area contributed by atoms with Gasteiger partial charge in [0, 0.05) is 31.9 Å². The Hall–Kier alpha value is -2.77. The van der Waals surface area contributed by atoms with Gasteiger partial charge < -0.3 is 15.4 Å². The molecule has 0 amide bonds. The van der Waals surface area contributed by atoms with E-state index in [2.05, 4.69) is 20.6 Å². The van der Waals surface area contributed by atoms with Crippen molar-refractivity contribution in [2.75, 3.05) is 13.7 Å². The maximum absolute atomic E-state index is 12.3. The summed E-state index contributed by atoms with van der Waals surface area (Å²) in [6, 6.07) is 13.0. The molecule has 0 bridgehead atoms. The smallest absolute Gasteiger partial charge is 0.422 e. The Kier molecular flexibility index (Phi) is 6.62. The summed E-state index contributed by atoms with van der Waals surface area (Å²) in [4.78, 5) is 7.94. The molecule has 0 aliphatic carbocycles. The minimum Gasteiger partial charge on any atom is -0.468 e. The van der Waals surface area contributed by atoms with Crippen LogP contribution >= 0.6 is 0 Å². The first-order valence-corrected chi connectivity index (χ1v) is 7.60. The van der Waals surface area contributed by atoms with Crippen molar-refractivity contribution in [1.29, 1.82) is 0 Å². The largest absolute Gasteiger partial charge is 0.468 e. The van der Waals surface area contributed by atoms with Crippen LogP contribution in [0.3, 0.4) is 0 Å². The normalized spacial score (nSPS) is 11.9. The summed E-state index contributed by atoms with van der Waals surface area (Å²) in [6.07, 6.45) is -3.02. The molecule has 0 radical (unpaired) electrons. The lowest BCUT2D eigenvalue weighted by atomic mass is 10.2. The van der Waals surface area contributed by atoms with Crippen molar-refractivity contribution in [2.45, 2.75) is 19.3 Å². The van der Waals surface area contributed by atoms with E-state index in [1.165, 1.54) is 6.20 Å². The number of ether oxygens (including phenoxy) is 1. The molecule has 2 N–H and O–H groups in total. The highest BCUT2D eigenvalue weighted by Crippen LogP contribution is 2.19. The minimum atomic E-state index is -4.41. The van der Waals surface area contributed by atoms with Crippen LogP contribution in [0.4, 0.5) is 13.2 Å². The number of rotatable bonds is 6. The zero-order chi connectivity index (χ0) is 18.1. The molecule has 1 aromatic carbocycles. The molecule has 2 aromatic rings. The summed E-state index contributed by atoms with van der Waals surface area (Å²) >= 11 is 0. The average molecular weight is 352 g/mol. The van der Waals surface area contributed by atoms with Gasteiger partial charge in [0.2, 0.25) is 5.88 Å². The van der Waals surface area contributed by atoms with Crippen molar-refractivity contribution >= 4 is 5.96 Å². The highest BCUT2D eigenvalue weighted by molar-refractivity contribution is 5.79. The van der Waals surface area contributed by atoms with Crippen LogP contribution in [0.5, 0.6) is 5.88 Å². The standard InChI is InChI=1S/C17H19F3N4O/c1-21-16(23-10-13-6-3-2-4-7-13)24-11-14-8-5-9-22-15(14)25-12-17(18,19)20/h2-9H,10-12H2,1H3,(H2,21,23,24). The highest BCUT2D eigenvalue weighted by Gasteiger charge is 2.29. The number of halogens is 3. The molecular weight excluding hydrogens is 333 g/mol. The molecule has 25 heavy (non-hydrogen) atoms. The predicted octanol–water partition coefficient (Wildman–Crippen LogP) is 2.89. The van der Waals surface area contributed by atoms with Crippen LogP contribution in [0.2, 0.25) is 0 Å². The lowest BCUT2D eigenvalue weighted by molar-refractivity contribution is -0.154. The van der Waals surface area contributed by atoms with E-state index < -0.39 is 12.8 Å². The number of benzene rings is 1. The Labute approximate surface area is 144 Å². The van der Waals surface area contributed by atoms with Crippen LogP contribution in [0.15, 0.2) is 53.7 Å². The number of hydrogen-bond donors (Lipinski definition) is 2. The molecule has 1 aromatic heterocycles. The molecule has 0 spiro atoms. The maximum Gasteiger partial charge on any atom is 0.422 e. The molecule has 8 heteroatoms. The number of pyridine rings is 1. The summed E-state index contributed by atoms with van der Waals surface area (Å²) in [5, 5.41) is 6.16. The van der Waals surface area contributed by atoms with E-state index in [0.29, 0.717) is 18.1 Å². The monoisotopic (exact) mass is 352 g/mol. The number of aromatic nitrogens is 1. The Morgan fingerprint density at radius 2 is 1.80 bits per heavy atom. The number of nitrogens with one attached hydrogen (secondary N) is 2. The summed E-state index contributed by atoms with van der Waals surface area (Å²) < 4.78 is 41.7. The zero-order valence-corrected chi connectivity index (χ0v) is 13.7. The molecule has 0 atom stereocenters. The van der Waals surface area contributed by atoms with E-state index in [1.807, 2.05) is 30.3 Å². The summed E-state index contributed by atoms with van der Waals surface area (Å²) in [5.74, 6) is 0.473. The van der Waals surface area contributed by atoms with Gasteiger partial charge >= 0.3 is 6.18 Å². The third kappa shape index (κ3) is 6.70.